The quantitative estimate of drug-likeness (QED) is 0.743. The second-order valence-corrected chi connectivity index (χ2v) is 4.87. The van der Waals surface area contributed by atoms with Crippen LogP contribution in [0.15, 0.2) is 18.2 Å². The van der Waals surface area contributed by atoms with Crippen LogP contribution >= 0.6 is 0 Å². The Morgan fingerprint density at radius 1 is 1.40 bits per heavy atom. The third-order valence-electron chi connectivity index (χ3n) is 2.93. The lowest BCUT2D eigenvalue weighted by atomic mass is 10.1. The molecular formula is C15H24N2O3. The second-order valence-electron chi connectivity index (χ2n) is 4.87. The van der Waals surface area contributed by atoms with Gasteiger partial charge in [0.25, 0.3) is 5.91 Å². The van der Waals surface area contributed by atoms with E-state index in [9.17, 15) is 4.79 Å². The van der Waals surface area contributed by atoms with Gasteiger partial charge >= 0.3 is 0 Å². The predicted octanol–water partition coefficient (Wildman–Crippen LogP) is 1.54. The van der Waals surface area contributed by atoms with Gasteiger partial charge in [0.1, 0.15) is 5.75 Å². The Kier molecular flexibility index (Phi) is 6.48. The molecule has 0 saturated carbocycles. The molecular weight excluding hydrogens is 256 g/mol. The van der Waals surface area contributed by atoms with Crippen LogP contribution in [0.5, 0.6) is 5.75 Å². The van der Waals surface area contributed by atoms with E-state index in [1.54, 1.807) is 14.0 Å². The van der Waals surface area contributed by atoms with Crippen molar-refractivity contribution in [1.82, 2.24) is 5.32 Å². The Bertz CT molecular complexity index is 447. The Hall–Kier alpha value is -1.59. The summed E-state index contributed by atoms with van der Waals surface area (Å²) in [5, 5.41) is 2.74. The molecule has 0 heterocycles. The number of aryl methyl sites for hydroxylation is 1. The van der Waals surface area contributed by atoms with Gasteiger partial charge in [-0.3, -0.25) is 4.79 Å². The van der Waals surface area contributed by atoms with Gasteiger partial charge in [0.2, 0.25) is 0 Å². The van der Waals surface area contributed by atoms with Gasteiger partial charge in [-0.25, -0.2) is 0 Å². The number of methoxy groups -OCH3 is 1. The van der Waals surface area contributed by atoms with Crippen molar-refractivity contribution in [3.8, 4) is 5.75 Å². The molecule has 5 nitrogen and oxygen atoms in total. The molecule has 0 spiro atoms. The fourth-order valence-electron chi connectivity index (χ4n) is 1.80. The van der Waals surface area contributed by atoms with Gasteiger partial charge in [-0.05, 0) is 26.8 Å². The Morgan fingerprint density at radius 2 is 2.10 bits per heavy atom. The molecule has 1 rings (SSSR count). The van der Waals surface area contributed by atoms with Crippen LogP contribution in [-0.2, 0) is 9.53 Å². The molecule has 112 valence electrons. The van der Waals surface area contributed by atoms with Crippen LogP contribution in [0, 0.1) is 6.92 Å². The van der Waals surface area contributed by atoms with Gasteiger partial charge in [-0.15, -0.1) is 0 Å². The molecule has 1 amide bonds. The summed E-state index contributed by atoms with van der Waals surface area (Å²) < 4.78 is 10.6. The van der Waals surface area contributed by atoms with Crippen LogP contribution in [0.4, 0.5) is 0 Å². The summed E-state index contributed by atoms with van der Waals surface area (Å²) >= 11 is 0. The molecule has 0 radical (unpaired) electrons. The van der Waals surface area contributed by atoms with Crippen molar-refractivity contribution in [2.75, 3.05) is 20.3 Å². The molecule has 0 aromatic heterocycles. The highest BCUT2D eigenvalue weighted by Gasteiger charge is 2.17. The molecule has 0 aliphatic rings. The van der Waals surface area contributed by atoms with Gasteiger partial charge in [0, 0.05) is 25.3 Å². The van der Waals surface area contributed by atoms with E-state index in [-0.39, 0.29) is 11.9 Å². The summed E-state index contributed by atoms with van der Waals surface area (Å²) in [4.78, 5) is 11.8. The number of carbonyl (C=O) groups is 1. The second kappa shape index (κ2) is 7.87. The fourth-order valence-corrected chi connectivity index (χ4v) is 1.80. The smallest absolute Gasteiger partial charge is 0.260 e. The molecule has 0 aliphatic carbocycles. The first kappa shape index (κ1) is 16.5. The van der Waals surface area contributed by atoms with E-state index in [0.29, 0.717) is 18.9 Å². The highest BCUT2D eigenvalue weighted by atomic mass is 16.5. The van der Waals surface area contributed by atoms with Crippen molar-refractivity contribution in [2.45, 2.75) is 32.9 Å². The van der Waals surface area contributed by atoms with Gasteiger partial charge in [0.05, 0.1) is 6.61 Å². The SMILES string of the molecule is COCCNC(=O)C(C)Oc1ccc(C)cc1[C@@H](C)N. The van der Waals surface area contributed by atoms with Crippen molar-refractivity contribution in [3.63, 3.8) is 0 Å². The highest BCUT2D eigenvalue weighted by molar-refractivity contribution is 5.80. The molecule has 2 atom stereocenters. The standard InChI is InChI=1S/C15H24N2O3/c1-10-5-6-14(13(9-10)11(2)16)20-12(3)15(18)17-7-8-19-4/h5-6,9,11-12H,7-8,16H2,1-4H3,(H,17,18)/t11-,12?/m1/s1. The van der Waals surface area contributed by atoms with Crippen LogP contribution in [0.3, 0.4) is 0 Å². The number of rotatable bonds is 7. The summed E-state index contributed by atoms with van der Waals surface area (Å²) in [6.07, 6.45) is -0.577. The number of nitrogens with two attached hydrogens (primary N) is 1. The zero-order valence-electron chi connectivity index (χ0n) is 12.6. The zero-order valence-corrected chi connectivity index (χ0v) is 12.6. The average Bonchev–Trinajstić information content (AvgIpc) is 2.40. The highest BCUT2D eigenvalue weighted by Crippen LogP contribution is 2.25. The van der Waals surface area contributed by atoms with Crippen LogP contribution in [0.1, 0.15) is 31.0 Å². The van der Waals surface area contributed by atoms with Crippen LogP contribution in [0.25, 0.3) is 0 Å². The number of carbonyl (C=O) groups excluding carboxylic acids is 1. The summed E-state index contributed by atoms with van der Waals surface area (Å²) in [5.74, 6) is 0.484. The van der Waals surface area contributed by atoms with Gasteiger partial charge in [-0.2, -0.15) is 0 Å². The monoisotopic (exact) mass is 280 g/mol. The lowest BCUT2D eigenvalue weighted by Crippen LogP contribution is -2.38. The maximum absolute atomic E-state index is 11.8. The summed E-state index contributed by atoms with van der Waals surface area (Å²) in [5.41, 5.74) is 7.95. The van der Waals surface area contributed by atoms with Gasteiger partial charge < -0.3 is 20.5 Å². The Morgan fingerprint density at radius 3 is 2.70 bits per heavy atom. The third-order valence-corrected chi connectivity index (χ3v) is 2.93. The van der Waals surface area contributed by atoms with Crippen LogP contribution < -0.4 is 15.8 Å². The molecule has 1 aromatic rings. The molecule has 1 aromatic carbocycles. The molecule has 0 aliphatic heterocycles. The predicted molar refractivity (Wildman–Crippen MR) is 78.8 cm³/mol. The summed E-state index contributed by atoms with van der Waals surface area (Å²) in [6.45, 7) is 6.56. The van der Waals surface area contributed by atoms with Crippen molar-refractivity contribution < 1.29 is 14.3 Å². The fraction of sp³-hybridized carbons (Fsp3) is 0.533. The molecule has 20 heavy (non-hydrogen) atoms. The molecule has 3 N–H and O–H groups in total. The van der Waals surface area contributed by atoms with E-state index < -0.39 is 6.10 Å². The van der Waals surface area contributed by atoms with E-state index in [2.05, 4.69) is 5.32 Å². The van der Waals surface area contributed by atoms with Gasteiger partial charge in [-0.1, -0.05) is 17.7 Å². The Balaban J connectivity index is 2.70. The molecule has 0 fully saturated rings. The topological polar surface area (TPSA) is 73.6 Å². The number of hydrogen-bond donors (Lipinski definition) is 2. The van der Waals surface area contributed by atoms with E-state index in [1.165, 1.54) is 0 Å². The minimum atomic E-state index is -0.577. The van der Waals surface area contributed by atoms with Crippen LogP contribution in [-0.4, -0.2) is 32.3 Å². The normalized spacial score (nSPS) is 13.7. The number of amides is 1. The minimum absolute atomic E-state index is 0.145. The summed E-state index contributed by atoms with van der Waals surface area (Å²) in [6, 6.07) is 5.63. The largest absolute Gasteiger partial charge is 0.481 e. The number of ether oxygens (including phenoxy) is 2. The first-order valence-corrected chi connectivity index (χ1v) is 6.75. The lowest BCUT2D eigenvalue weighted by molar-refractivity contribution is -0.127. The number of hydrogen-bond acceptors (Lipinski definition) is 4. The van der Waals surface area contributed by atoms with E-state index in [1.807, 2.05) is 32.0 Å². The number of nitrogens with one attached hydrogen (secondary N) is 1. The van der Waals surface area contributed by atoms with Crippen molar-refractivity contribution in [3.05, 3.63) is 29.3 Å². The van der Waals surface area contributed by atoms with E-state index in [4.69, 9.17) is 15.2 Å². The first-order chi connectivity index (χ1) is 9.45. The van der Waals surface area contributed by atoms with Crippen molar-refractivity contribution >= 4 is 5.91 Å². The molecule has 0 saturated heterocycles. The lowest BCUT2D eigenvalue weighted by Gasteiger charge is -2.19. The first-order valence-electron chi connectivity index (χ1n) is 6.75. The Labute approximate surface area is 120 Å². The summed E-state index contributed by atoms with van der Waals surface area (Å²) in [7, 11) is 1.59. The maximum atomic E-state index is 11.8. The van der Waals surface area contributed by atoms with E-state index in [0.717, 1.165) is 11.1 Å². The molecule has 0 bridgehead atoms. The number of benzene rings is 1. The van der Waals surface area contributed by atoms with Crippen LogP contribution in [0.2, 0.25) is 0 Å². The van der Waals surface area contributed by atoms with Gasteiger partial charge in [0.15, 0.2) is 6.10 Å². The average molecular weight is 280 g/mol. The van der Waals surface area contributed by atoms with Crippen molar-refractivity contribution in [2.24, 2.45) is 5.73 Å². The van der Waals surface area contributed by atoms with Crippen molar-refractivity contribution in [1.29, 1.82) is 0 Å². The van der Waals surface area contributed by atoms with E-state index >= 15 is 0 Å². The molecule has 5 heteroatoms. The minimum Gasteiger partial charge on any atom is -0.481 e. The molecule has 1 unspecified atom stereocenters. The third kappa shape index (κ3) is 4.83. The maximum Gasteiger partial charge on any atom is 0.260 e. The zero-order chi connectivity index (χ0) is 15.1.